The van der Waals surface area contributed by atoms with Gasteiger partial charge in [-0.1, -0.05) is 17.7 Å². The van der Waals surface area contributed by atoms with E-state index in [1.54, 1.807) is 31.1 Å². The van der Waals surface area contributed by atoms with Crippen LogP contribution in [0.3, 0.4) is 0 Å². The number of nitrogens with zero attached hydrogens (tertiary/aromatic N) is 2. The quantitative estimate of drug-likeness (QED) is 0.215. The molecule has 0 amide bonds. The fraction of sp³-hybridized carbons (Fsp3) is 0.429. The van der Waals surface area contributed by atoms with E-state index in [2.05, 4.69) is 9.88 Å². The number of carboxylic acid groups (broad SMARTS) is 1. The summed E-state index contributed by atoms with van der Waals surface area (Å²) in [4.78, 5) is 19.8. The lowest BCUT2D eigenvalue weighted by Crippen LogP contribution is -2.44. The number of fused-ring (bicyclic) bond motifs is 1. The summed E-state index contributed by atoms with van der Waals surface area (Å²) in [5, 5.41) is 11.4. The summed E-state index contributed by atoms with van der Waals surface area (Å²) in [5.41, 5.74) is 1.31. The molecular formula is C28H32ClFN2O3S. The average Bonchev–Trinajstić information content (AvgIpc) is 2.89. The summed E-state index contributed by atoms with van der Waals surface area (Å²) in [6, 6.07) is 15.0. The number of pyridine rings is 1. The molecule has 0 saturated carbocycles. The maximum Gasteiger partial charge on any atom is 0.308 e. The molecule has 1 fully saturated rings. The van der Waals surface area contributed by atoms with Gasteiger partial charge in [-0.2, -0.15) is 0 Å². The minimum Gasteiger partial charge on any atom is -0.497 e. The third kappa shape index (κ3) is 6.90. The van der Waals surface area contributed by atoms with Crippen LogP contribution in [-0.2, 0) is 4.79 Å². The molecule has 0 radical (unpaired) electrons. The molecule has 2 heterocycles. The summed E-state index contributed by atoms with van der Waals surface area (Å²) in [6.07, 6.45) is 3.03. The van der Waals surface area contributed by atoms with E-state index < -0.39 is 18.1 Å². The highest BCUT2D eigenvalue weighted by molar-refractivity contribution is 7.99. The number of alkyl halides is 1. The van der Waals surface area contributed by atoms with Gasteiger partial charge in [0.05, 0.1) is 18.5 Å². The fourth-order valence-corrected chi connectivity index (χ4v) is 6.14. The van der Waals surface area contributed by atoms with Crippen LogP contribution in [0.2, 0.25) is 5.02 Å². The number of piperidine rings is 1. The van der Waals surface area contributed by atoms with Gasteiger partial charge in [-0.05, 0) is 98.5 Å². The molecule has 1 aliphatic heterocycles. The molecule has 192 valence electrons. The first-order valence-corrected chi connectivity index (χ1v) is 13.7. The Balaban J connectivity index is 1.29. The summed E-state index contributed by atoms with van der Waals surface area (Å²) in [5.74, 6) is 0.327. The van der Waals surface area contributed by atoms with Crippen molar-refractivity contribution in [2.45, 2.75) is 36.8 Å². The van der Waals surface area contributed by atoms with Crippen molar-refractivity contribution >= 4 is 40.2 Å². The van der Waals surface area contributed by atoms with Crippen molar-refractivity contribution in [3.05, 3.63) is 65.3 Å². The Morgan fingerprint density at radius 3 is 2.94 bits per heavy atom. The largest absolute Gasteiger partial charge is 0.497 e. The van der Waals surface area contributed by atoms with Gasteiger partial charge < -0.3 is 14.7 Å². The third-order valence-electron chi connectivity index (χ3n) is 6.95. The van der Waals surface area contributed by atoms with E-state index in [0.29, 0.717) is 30.7 Å². The Morgan fingerprint density at radius 2 is 2.17 bits per heavy atom. The molecule has 3 atom stereocenters. The number of carboxylic acids is 1. The van der Waals surface area contributed by atoms with Crippen molar-refractivity contribution < 1.29 is 19.0 Å². The second-order valence-corrected chi connectivity index (χ2v) is 10.9. The SMILES string of the molecule is COc1ccc2nccc(C(F)CC[C@@H]3CCN(CCCSc4cccc(Cl)c4)C[C@@H]3C(=O)O)c2c1. The van der Waals surface area contributed by atoms with Gasteiger partial charge in [0.15, 0.2) is 0 Å². The number of methoxy groups -OCH3 is 1. The van der Waals surface area contributed by atoms with Crippen molar-refractivity contribution in [2.75, 3.05) is 32.5 Å². The number of benzene rings is 2. The van der Waals surface area contributed by atoms with Crippen LogP contribution in [0.4, 0.5) is 4.39 Å². The molecule has 0 spiro atoms. The maximum absolute atomic E-state index is 15.4. The van der Waals surface area contributed by atoms with Crippen molar-refractivity contribution in [2.24, 2.45) is 11.8 Å². The molecule has 4 rings (SSSR count). The standard InChI is InChI=1S/C28H32ClFN2O3S/c1-35-21-7-9-27-24(17-21)23(10-12-31-27)26(30)8-6-19-11-14-32(18-25(19)28(33)34)13-3-15-36-22-5-2-4-20(29)16-22/h2,4-5,7,9-10,12,16-17,19,25-26H,3,6,8,11,13-15,18H2,1H3,(H,33,34)/t19-,25+,26?/m1/s1. The van der Waals surface area contributed by atoms with Crippen molar-refractivity contribution in [3.8, 4) is 5.75 Å². The predicted molar refractivity (Wildman–Crippen MR) is 144 cm³/mol. The molecule has 5 nitrogen and oxygen atoms in total. The number of likely N-dealkylation sites (tertiary alicyclic amines) is 1. The second kappa shape index (κ2) is 12.7. The van der Waals surface area contributed by atoms with E-state index in [0.717, 1.165) is 52.5 Å². The van der Waals surface area contributed by atoms with Crippen LogP contribution in [0.1, 0.15) is 37.4 Å². The first-order valence-electron chi connectivity index (χ1n) is 12.3. The van der Waals surface area contributed by atoms with Crippen LogP contribution in [0, 0.1) is 11.8 Å². The average molecular weight is 531 g/mol. The zero-order valence-corrected chi connectivity index (χ0v) is 22.0. The molecule has 0 bridgehead atoms. The Hall–Kier alpha value is -2.35. The molecule has 2 aromatic carbocycles. The molecule has 3 aromatic rings. The zero-order chi connectivity index (χ0) is 25.5. The van der Waals surface area contributed by atoms with Gasteiger partial charge in [-0.15, -0.1) is 11.8 Å². The normalized spacial score (nSPS) is 19.3. The smallest absolute Gasteiger partial charge is 0.308 e. The van der Waals surface area contributed by atoms with Crippen LogP contribution >= 0.6 is 23.4 Å². The number of aromatic nitrogens is 1. The molecule has 1 aliphatic rings. The van der Waals surface area contributed by atoms with E-state index in [1.165, 1.54) is 0 Å². The number of hydrogen-bond acceptors (Lipinski definition) is 5. The summed E-state index contributed by atoms with van der Waals surface area (Å²) < 4.78 is 20.7. The topological polar surface area (TPSA) is 62.7 Å². The minimum atomic E-state index is -1.18. The number of hydrogen-bond donors (Lipinski definition) is 1. The number of aliphatic carboxylic acids is 1. The summed E-state index contributed by atoms with van der Waals surface area (Å²) >= 11 is 7.81. The minimum absolute atomic E-state index is 0.0273. The maximum atomic E-state index is 15.4. The lowest BCUT2D eigenvalue weighted by atomic mass is 9.81. The Bertz CT molecular complexity index is 1180. The molecule has 0 aliphatic carbocycles. The van der Waals surface area contributed by atoms with Crippen molar-refractivity contribution in [3.63, 3.8) is 0 Å². The predicted octanol–water partition coefficient (Wildman–Crippen LogP) is 6.89. The van der Waals surface area contributed by atoms with Crippen LogP contribution in [0.25, 0.3) is 10.9 Å². The van der Waals surface area contributed by atoms with Gasteiger partial charge in [-0.3, -0.25) is 9.78 Å². The molecule has 1 saturated heterocycles. The Labute approximate surface area is 221 Å². The van der Waals surface area contributed by atoms with E-state index in [1.807, 2.05) is 42.5 Å². The molecule has 36 heavy (non-hydrogen) atoms. The van der Waals surface area contributed by atoms with Crippen molar-refractivity contribution in [1.29, 1.82) is 0 Å². The number of thioether (sulfide) groups is 1. The van der Waals surface area contributed by atoms with Gasteiger partial charge in [-0.25, -0.2) is 4.39 Å². The zero-order valence-electron chi connectivity index (χ0n) is 20.4. The highest BCUT2D eigenvalue weighted by Crippen LogP contribution is 2.35. The van der Waals surface area contributed by atoms with E-state index in [-0.39, 0.29) is 5.92 Å². The summed E-state index contributed by atoms with van der Waals surface area (Å²) in [6.45, 7) is 2.23. The molecule has 8 heteroatoms. The van der Waals surface area contributed by atoms with Crippen LogP contribution in [0.15, 0.2) is 59.6 Å². The number of halogens is 2. The molecular weight excluding hydrogens is 499 g/mol. The second-order valence-electron chi connectivity index (χ2n) is 9.28. The Kier molecular flexibility index (Phi) is 9.46. The lowest BCUT2D eigenvalue weighted by molar-refractivity contribution is -0.146. The molecule has 1 N–H and O–H groups in total. The highest BCUT2D eigenvalue weighted by atomic mass is 35.5. The molecule has 1 unspecified atom stereocenters. The van der Waals surface area contributed by atoms with Crippen LogP contribution < -0.4 is 4.74 Å². The lowest BCUT2D eigenvalue weighted by Gasteiger charge is -2.36. The molecule has 1 aromatic heterocycles. The number of rotatable bonds is 11. The van der Waals surface area contributed by atoms with Gasteiger partial charge in [0.2, 0.25) is 0 Å². The Morgan fingerprint density at radius 1 is 1.31 bits per heavy atom. The third-order valence-corrected chi connectivity index (χ3v) is 8.27. The van der Waals surface area contributed by atoms with Gasteiger partial charge in [0, 0.05) is 28.0 Å². The van der Waals surface area contributed by atoms with E-state index in [9.17, 15) is 9.90 Å². The van der Waals surface area contributed by atoms with Crippen LogP contribution in [0.5, 0.6) is 5.75 Å². The van der Waals surface area contributed by atoms with Gasteiger partial charge in [0.1, 0.15) is 11.9 Å². The van der Waals surface area contributed by atoms with Crippen molar-refractivity contribution in [1.82, 2.24) is 9.88 Å². The number of ether oxygens (including phenoxy) is 1. The van der Waals surface area contributed by atoms with Gasteiger partial charge in [0.25, 0.3) is 0 Å². The van der Waals surface area contributed by atoms with Gasteiger partial charge >= 0.3 is 5.97 Å². The monoisotopic (exact) mass is 530 g/mol. The van der Waals surface area contributed by atoms with E-state index >= 15 is 4.39 Å². The number of carbonyl (C=O) groups is 1. The van der Waals surface area contributed by atoms with E-state index in [4.69, 9.17) is 16.3 Å². The van der Waals surface area contributed by atoms with Crippen LogP contribution in [-0.4, -0.2) is 53.5 Å². The fourth-order valence-electron chi connectivity index (χ4n) is 4.99. The highest BCUT2D eigenvalue weighted by Gasteiger charge is 2.34. The first kappa shape index (κ1) is 26.7. The summed E-state index contributed by atoms with van der Waals surface area (Å²) in [7, 11) is 1.58. The first-order chi connectivity index (χ1) is 17.4.